The summed E-state index contributed by atoms with van der Waals surface area (Å²) >= 11 is 3.45. The van der Waals surface area contributed by atoms with Crippen molar-refractivity contribution in [1.29, 1.82) is 0 Å². The van der Waals surface area contributed by atoms with E-state index in [-0.39, 0.29) is 0 Å². The van der Waals surface area contributed by atoms with Crippen molar-refractivity contribution in [3.63, 3.8) is 0 Å². The molecule has 1 aromatic rings. The van der Waals surface area contributed by atoms with Crippen molar-refractivity contribution in [2.45, 2.75) is 19.9 Å². The van der Waals surface area contributed by atoms with Crippen LogP contribution in [0.1, 0.15) is 18.9 Å². The Bertz CT molecular complexity index is 299. The van der Waals surface area contributed by atoms with E-state index in [4.69, 9.17) is 5.73 Å². The standard InChI is InChI=1S/C11H17BrN2/c1-3-6-14(2)11-5-4-10(12)7-9(11)8-13/h4-5,7H,3,6,8,13H2,1-2H3. The van der Waals surface area contributed by atoms with Crippen LogP contribution in [-0.4, -0.2) is 13.6 Å². The van der Waals surface area contributed by atoms with Gasteiger partial charge in [-0.05, 0) is 30.2 Å². The highest BCUT2D eigenvalue weighted by molar-refractivity contribution is 9.10. The predicted molar refractivity (Wildman–Crippen MR) is 65.6 cm³/mol. The number of nitrogens with two attached hydrogens (primary N) is 1. The second-order valence-corrected chi connectivity index (χ2v) is 4.31. The molecule has 78 valence electrons. The molecule has 0 bridgehead atoms. The van der Waals surface area contributed by atoms with Crippen LogP contribution in [0.15, 0.2) is 22.7 Å². The summed E-state index contributed by atoms with van der Waals surface area (Å²) in [6.07, 6.45) is 1.15. The molecule has 1 aromatic carbocycles. The van der Waals surface area contributed by atoms with Gasteiger partial charge in [0.05, 0.1) is 0 Å². The van der Waals surface area contributed by atoms with Gasteiger partial charge in [-0.2, -0.15) is 0 Å². The number of hydrogen-bond donors (Lipinski definition) is 1. The normalized spacial score (nSPS) is 10.3. The maximum atomic E-state index is 5.71. The lowest BCUT2D eigenvalue weighted by Crippen LogP contribution is -2.20. The Balaban J connectivity index is 2.95. The number of anilines is 1. The zero-order chi connectivity index (χ0) is 10.6. The minimum Gasteiger partial charge on any atom is -0.374 e. The van der Waals surface area contributed by atoms with Crippen LogP contribution >= 0.6 is 15.9 Å². The van der Waals surface area contributed by atoms with Crippen LogP contribution in [0, 0.1) is 0 Å². The number of hydrogen-bond acceptors (Lipinski definition) is 2. The first kappa shape index (κ1) is 11.5. The second-order valence-electron chi connectivity index (χ2n) is 3.40. The predicted octanol–water partition coefficient (Wildman–Crippen LogP) is 2.75. The lowest BCUT2D eigenvalue weighted by Gasteiger charge is -2.21. The molecule has 0 unspecified atom stereocenters. The molecule has 3 heteroatoms. The van der Waals surface area contributed by atoms with E-state index in [0.717, 1.165) is 17.4 Å². The first-order valence-electron chi connectivity index (χ1n) is 4.88. The van der Waals surface area contributed by atoms with Crippen molar-refractivity contribution in [2.24, 2.45) is 5.73 Å². The van der Waals surface area contributed by atoms with Crippen LogP contribution in [0.4, 0.5) is 5.69 Å². The van der Waals surface area contributed by atoms with Crippen LogP contribution in [0.3, 0.4) is 0 Å². The summed E-state index contributed by atoms with van der Waals surface area (Å²) in [5.74, 6) is 0. The largest absolute Gasteiger partial charge is 0.374 e. The molecule has 0 aliphatic rings. The number of halogens is 1. The van der Waals surface area contributed by atoms with Crippen LogP contribution in [0.25, 0.3) is 0 Å². The van der Waals surface area contributed by atoms with Crippen molar-refractivity contribution in [1.82, 2.24) is 0 Å². The third-order valence-corrected chi connectivity index (χ3v) is 2.72. The van der Waals surface area contributed by atoms with Crippen molar-refractivity contribution < 1.29 is 0 Å². The van der Waals surface area contributed by atoms with E-state index in [2.05, 4.69) is 53.0 Å². The molecule has 14 heavy (non-hydrogen) atoms. The molecule has 2 N–H and O–H groups in total. The molecule has 2 nitrogen and oxygen atoms in total. The molecule has 1 rings (SSSR count). The van der Waals surface area contributed by atoms with Gasteiger partial charge in [0.15, 0.2) is 0 Å². The fourth-order valence-electron chi connectivity index (χ4n) is 1.55. The number of rotatable bonds is 4. The smallest absolute Gasteiger partial charge is 0.0409 e. The van der Waals surface area contributed by atoms with E-state index in [0.29, 0.717) is 6.54 Å². The van der Waals surface area contributed by atoms with Gasteiger partial charge in [0.2, 0.25) is 0 Å². The van der Waals surface area contributed by atoms with Gasteiger partial charge in [0, 0.05) is 30.3 Å². The summed E-state index contributed by atoms with van der Waals surface area (Å²) in [4.78, 5) is 2.24. The zero-order valence-electron chi connectivity index (χ0n) is 8.76. The SMILES string of the molecule is CCCN(C)c1ccc(Br)cc1CN. The van der Waals surface area contributed by atoms with Crippen LogP contribution in [-0.2, 0) is 6.54 Å². The molecule has 0 fully saturated rings. The average Bonchev–Trinajstić information content (AvgIpc) is 2.17. The topological polar surface area (TPSA) is 29.3 Å². The van der Waals surface area contributed by atoms with Gasteiger partial charge >= 0.3 is 0 Å². The fraction of sp³-hybridized carbons (Fsp3) is 0.455. The van der Waals surface area contributed by atoms with Gasteiger partial charge in [0.1, 0.15) is 0 Å². The van der Waals surface area contributed by atoms with Crippen molar-refractivity contribution in [3.05, 3.63) is 28.2 Å². The molecule has 0 saturated heterocycles. The van der Waals surface area contributed by atoms with Crippen LogP contribution in [0.5, 0.6) is 0 Å². The summed E-state index contributed by atoms with van der Waals surface area (Å²) in [5, 5.41) is 0. The highest BCUT2D eigenvalue weighted by Gasteiger charge is 2.05. The Morgan fingerprint density at radius 3 is 2.71 bits per heavy atom. The average molecular weight is 257 g/mol. The van der Waals surface area contributed by atoms with Gasteiger partial charge in [-0.3, -0.25) is 0 Å². The summed E-state index contributed by atoms with van der Waals surface area (Å²) in [6, 6.07) is 6.25. The molecule has 0 amide bonds. The van der Waals surface area contributed by atoms with Crippen molar-refractivity contribution in [3.8, 4) is 0 Å². The van der Waals surface area contributed by atoms with E-state index in [1.807, 2.05) is 0 Å². The minimum atomic E-state index is 0.586. The van der Waals surface area contributed by atoms with E-state index in [1.54, 1.807) is 0 Å². The Morgan fingerprint density at radius 1 is 1.43 bits per heavy atom. The van der Waals surface area contributed by atoms with Gasteiger partial charge in [0.25, 0.3) is 0 Å². The molecule has 0 aliphatic carbocycles. The van der Waals surface area contributed by atoms with E-state index in [1.165, 1.54) is 11.3 Å². The highest BCUT2D eigenvalue weighted by atomic mass is 79.9. The summed E-state index contributed by atoms with van der Waals surface area (Å²) in [6.45, 7) is 3.83. The third kappa shape index (κ3) is 2.72. The molecule has 0 atom stereocenters. The zero-order valence-corrected chi connectivity index (χ0v) is 10.3. The van der Waals surface area contributed by atoms with Gasteiger partial charge < -0.3 is 10.6 Å². The molecular formula is C11H17BrN2. The van der Waals surface area contributed by atoms with E-state index in [9.17, 15) is 0 Å². The van der Waals surface area contributed by atoms with Crippen molar-refractivity contribution >= 4 is 21.6 Å². The molecule has 0 saturated carbocycles. The monoisotopic (exact) mass is 256 g/mol. The minimum absolute atomic E-state index is 0.586. The fourth-order valence-corrected chi connectivity index (χ4v) is 1.95. The third-order valence-electron chi connectivity index (χ3n) is 2.23. The summed E-state index contributed by atoms with van der Waals surface area (Å²) < 4.78 is 1.09. The number of nitrogens with zero attached hydrogens (tertiary/aromatic N) is 1. The highest BCUT2D eigenvalue weighted by Crippen LogP contribution is 2.23. The van der Waals surface area contributed by atoms with Crippen molar-refractivity contribution in [2.75, 3.05) is 18.5 Å². The Kier molecular flexibility index (Phi) is 4.42. The Morgan fingerprint density at radius 2 is 2.14 bits per heavy atom. The quantitative estimate of drug-likeness (QED) is 0.898. The molecular weight excluding hydrogens is 240 g/mol. The lowest BCUT2D eigenvalue weighted by atomic mass is 10.1. The molecule has 0 heterocycles. The van der Waals surface area contributed by atoms with E-state index >= 15 is 0 Å². The van der Waals surface area contributed by atoms with Crippen LogP contribution in [0.2, 0.25) is 0 Å². The molecule has 0 aromatic heterocycles. The maximum Gasteiger partial charge on any atom is 0.0409 e. The Hall–Kier alpha value is -0.540. The summed E-state index contributed by atoms with van der Waals surface area (Å²) in [5.41, 5.74) is 8.13. The van der Waals surface area contributed by atoms with Gasteiger partial charge in [-0.1, -0.05) is 22.9 Å². The summed E-state index contributed by atoms with van der Waals surface area (Å²) in [7, 11) is 2.10. The molecule has 0 aliphatic heterocycles. The van der Waals surface area contributed by atoms with Gasteiger partial charge in [-0.15, -0.1) is 0 Å². The maximum absolute atomic E-state index is 5.71. The van der Waals surface area contributed by atoms with Crippen LogP contribution < -0.4 is 10.6 Å². The molecule has 0 radical (unpaired) electrons. The van der Waals surface area contributed by atoms with Gasteiger partial charge in [-0.25, -0.2) is 0 Å². The first-order valence-corrected chi connectivity index (χ1v) is 5.68. The van der Waals surface area contributed by atoms with E-state index < -0.39 is 0 Å². The molecule has 0 spiro atoms. The lowest BCUT2D eigenvalue weighted by molar-refractivity contribution is 0.843. The first-order chi connectivity index (χ1) is 6.69. The number of benzene rings is 1. The second kappa shape index (κ2) is 5.37. The Labute approximate surface area is 94.2 Å².